The molecule has 18 heavy (non-hydrogen) atoms. The van der Waals surface area contributed by atoms with Gasteiger partial charge in [0.1, 0.15) is 5.69 Å². The second kappa shape index (κ2) is 6.38. The summed E-state index contributed by atoms with van der Waals surface area (Å²) in [4.78, 5) is 12.2. The van der Waals surface area contributed by atoms with Crippen LogP contribution < -0.4 is 10.6 Å². The van der Waals surface area contributed by atoms with Crippen molar-refractivity contribution in [3.05, 3.63) is 22.4 Å². The molecule has 1 aromatic rings. The Labute approximate surface area is 116 Å². The van der Waals surface area contributed by atoms with Gasteiger partial charge in [-0.2, -0.15) is 0 Å². The topological polar surface area (TPSA) is 46.1 Å². The Morgan fingerprint density at radius 1 is 1.61 bits per heavy atom. The Hall–Kier alpha value is -0.810. The van der Waals surface area contributed by atoms with E-state index < -0.39 is 0 Å². The molecular formula is C13H20BrN3O. The molecule has 1 aliphatic rings. The van der Waals surface area contributed by atoms with Crippen molar-refractivity contribution in [2.45, 2.75) is 38.8 Å². The number of hydrogen-bond donors (Lipinski definition) is 2. The number of aryl methyl sites for hydroxylation is 1. The molecule has 2 rings (SSSR count). The molecule has 2 heterocycles. The van der Waals surface area contributed by atoms with E-state index in [0.717, 1.165) is 36.2 Å². The highest BCUT2D eigenvalue weighted by Gasteiger charge is 2.18. The number of amides is 1. The first-order valence-corrected chi connectivity index (χ1v) is 7.37. The van der Waals surface area contributed by atoms with Gasteiger partial charge in [0.2, 0.25) is 0 Å². The Morgan fingerprint density at radius 2 is 2.44 bits per heavy atom. The van der Waals surface area contributed by atoms with Crippen molar-refractivity contribution >= 4 is 21.8 Å². The van der Waals surface area contributed by atoms with E-state index in [1.165, 1.54) is 12.8 Å². The summed E-state index contributed by atoms with van der Waals surface area (Å²) in [6.45, 7) is 4.77. The van der Waals surface area contributed by atoms with Gasteiger partial charge in [-0.25, -0.2) is 0 Å². The first-order chi connectivity index (χ1) is 8.70. The maximum absolute atomic E-state index is 12.2. The second-order valence-corrected chi connectivity index (χ2v) is 5.62. The Kier molecular flexibility index (Phi) is 4.83. The van der Waals surface area contributed by atoms with Crippen LogP contribution in [-0.2, 0) is 6.54 Å². The average molecular weight is 314 g/mol. The van der Waals surface area contributed by atoms with Crippen LogP contribution in [-0.4, -0.2) is 29.6 Å². The van der Waals surface area contributed by atoms with Gasteiger partial charge in [-0.05, 0) is 48.3 Å². The third kappa shape index (κ3) is 3.36. The number of carbonyl (C=O) groups excluding carboxylic acids is 1. The number of halogens is 1. The lowest BCUT2D eigenvalue weighted by molar-refractivity contribution is 0.0926. The smallest absolute Gasteiger partial charge is 0.268 e. The molecule has 0 aliphatic carbocycles. The first-order valence-electron chi connectivity index (χ1n) is 6.58. The summed E-state index contributed by atoms with van der Waals surface area (Å²) >= 11 is 3.42. The van der Waals surface area contributed by atoms with Crippen LogP contribution in [0, 0.1) is 0 Å². The molecule has 4 nitrogen and oxygen atoms in total. The number of rotatable bonds is 3. The van der Waals surface area contributed by atoms with Crippen LogP contribution in [0.15, 0.2) is 16.7 Å². The third-order valence-corrected chi connectivity index (χ3v) is 3.75. The molecular weight excluding hydrogens is 294 g/mol. The molecule has 100 valence electrons. The molecule has 1 fully saturated rings. The Morgan fingerprint density at radius 3 is 3.22 bits per heavy atom. The molecule has 1 amide bonds. The van der Waals surface area contributed by atoms with Crippen LogP contribution in [0.3, 0.4) is 0 Å². The molecule has 1 aromatic heterocycles. The maximum atomic E-state index is 12.2. The number of aromatic nitrogens is 1. The van der Waals surface area contributed by atoms with E-state index in [4.69, 9.17) is 0 Å². The van der Waals surface area contributed by atoms with Gasteiger partial charge in [-0.3, -0.25) is 4.79 Å². The van der Waals surface area contributed by atoms with Crippen molar-refractivity contribution in [2.24, 2.45) is 0 Å². The largest absolute Gasteiger partial charge is 0.347 e. The molecule has 0 saturated carbocycles. The van der Waals surface area contributed by atoms with E-state index in [1.807, 2.05) is 23.8 Å². The van der Waals surface area contributed by atoms with E-state index in [1.54, 1.807) is 0 Å². The predicted octanol–water partition coefficient (Wildman–Crippen LogP) is 2.14. The Balaban J connectivity index is 2.01. The van der Waals surface area contributed by atoms with Crippen molar-refractivity contribution in [1.82, 2.24) is 15.2 Å². The molecule has 0 bridgehead atoms. The van der Waals surface area contributed by atoms with E-state index in [2.05, 4.69) is 26.6 Å². The predicted molar refractivity (Wildman–Crippen MR) is 75.8 cm³/mol. The lowest BCUT2D eigenvalue weighted by atomic mass is 10.1. The van der Waals surface area contributed by atoms with Gasteiger partial charge < -0.3 is 15.2 Å². The van der Waals surface area contributed by atoms with Crippen LogP contribution in [0.1, 0.15) is 36.7 Å². The zero-order valence-corrected chi connectivity index (χ0v) is 12.3. The van der Waals surface area contributed by atoms with Gasteiger partial charge in [0.15, 0.2) is 0 Å². The zero-order valence-electron chi connectivity index (χ0n) is 10.7. The highest BCUT2D eigenvalue weighted by atomic mass is 79.9. The fourth-order valence-corrected chi connectivity index (χ4v) is 2.79. The summed E-state index contributed by atoms with van der Waals surface area (Å²) in [7, 11) is 0. The summed E-state index contributed by atoms with van der Waals surface area (Å²) in [5, 5.41) is 6.48. The summed E-state index contributed by atoms with van der Waals surface area (Å²) in [6.07, 6.45) is 5.38. The molecule has 1 aliphatic heterocycles. The van der Waals surface area contributed by atoms with E-state index in [9.17, 15) is 4.79 Å². The normalized spacial score (nSPS) is 20.4. The van der Waals surface area contributed by atoms with Crippen molar-refractivity contribution < 1.29 is 4.79 Å². The minimum atomic E-state index is 0.0243. The van der Waals surface area contributed by atoms with Crippen LogP contribution in [0.2, 0.25) is 0 Å². The lowest BCUT2D eigenvalue weighted by Gasteiger charge is -2.16. The number of carbonyl (C=O) groups is 1. The molecule has 0 spiro atoms. The fraction of sp³-hybridized carbons (Fsp3) is 0.615. The van der Waals surface area contributed by atoms with Crippen LogP contribution in [0.25, 0.3) is 0 Å². The van der Waals surface area contributed by atoms with E-state index in [-0.39, 0.29) is 11.9 Å². The standard InChI is InChI=1S/C13H20BrN3O/c1-2-17-9-10(14)7-12(17)13(18)16-11-5-3-4-6-15-8-11/h7,9,11,15H,2-6,8H2,1H3,(H,16,18). The van der Waals surface area contributed by atoms with E-state index >= 15 is 0 Å². The van der Waals surface area contributed by atoms with Gasteiger partial charge in [0.25, 0.3) is 5.91 Å². The minimum Gasteiger partial charge on any atom is -0.347 e. The van der Waals surface area contributed by atoms with Crippen molar-refractivity contribution in [1.29, 1.82) is 0 Å². The van der Waals surface area contributed by atoms with Gasteiger partial charge in [0, 0.05) is 29.8 Å². The van der Waals surface area contributed by atoms with Gasteiger partial charge in [-0.15, -0.1) is 0 Å². The van der Waals surface area contributed by atoms with Crippen LogP contribution in [0.5, 0.6) is 0 Å². The monoisotopic (exact) mass is 313 g/mol. The lowest BCUT2D eigenvalue weighted by Crippen LogP contribution is -2.41. The zero-order chi connectivity index (χ0) is 13.0. The summed E-state index contributed by atoms with van der Waals surface area (Å²) < 4.78 is 2.91. The molecule has 1 saturated heterocycles. The molecule has 1 atom stereocenters. The second-order valence-electron chi connectivity index (χ2n) is 4.70. The first kappa shape index (κ1) is 13.6. The number of hydrogen-bond acceptors (Lipinski definition) is 2. The molecule has 2 N–H and O–H groups in total. The Bertz CT molecular complexity index is 408. The number of nitrogens with zero attached hydrogens (tertiary/aromatic N) is 1. The van der Waals surface area contributed by atoms with Crippen molar-refractivity contribution in [2.75, 3.05) is 13.1 Å². The van der Waals surface area contributed by atoms with Crippen molar-refractivity contribution in [3.63, 3.8) is 0 Å². The maximum Gasteiger partial charge on any atom is 0.268 e. The van der Waals surface area contributed by atoms with Crippen molar-refractivity contribution in [3.8, 4) is 0 Å². The fourth-order valence-electron chi connectivity index (χ4n) is 2.33. The van der Waals surface area contributed by atoms with Gasteiger partial charge in [-0.1, -0.05) is 6.42 Å². The quantitative estimate of drug-likeness (QED) is 0.898. The summed E-state index contributed by atoms with van der Waals surface area (Å²) in [6, 6.07) is 2.13. The third-order valence-electron chi connectivity index (χ3n) is 3.32. The highest BCUT2D eigenvalue weighted by Crippen LogP contribution is 2.15. The van der Waals surface area contributed by atoms with E-state index in [0.29, 0.717) is 0 Å². The molecule has 1 unspecified atom stereocenters. The van der Waals surface area contributed by atoms with Gasteiger partial charge >= 0.3 is 0 Å². The molecule has 0 radical (unpaired) electrons. The molecule has 5 heteroatoms. The van der Waals surface area contributed by atoms with Crippen LogP contribution >= 0.6 is 15.9 Å². The van der Waals surface area contributed by atoms with Crippen LogP contribution in [0.4, 0.5) is 0 Å². The average Bonchev–Trinajstić information content (AvgIpc) is 2.57. The SMILES string of the molecule is CCn1cc(Br)cc1C(=O)NC1CCCCNC1. The minimum absolute atomic E-state index is 0.0243. The number of nitrogens with one attached hydrogen (secondary N) is 2. The van der Waals surface area contributed by atoms with Gasteiger partial charge in [0.05, 0.1) is 0 Å². The summed E-state index contributed by atoms with van der Waals surface area (Å²) in [5.74, 6) is 0.0243. The molecule has 0 aromatic carbocycles. The summed E-state index contributed by atoms with van der Waals surface area (Å²) in [5.41, 5.74) is 0.730. The highest BCUT2D eigenvalue weighted by molar-refractivity contribution is 9.10.